The minimum Gasteiger partial charge on any atom is -0.475 e. The van der Waals surface area contributed by atoms with Crippen molar-refractivity contribution in [3.63, 3.8) is 0 Å². The average molecular weight is 408 g/mol. The molecule has 0 saturated carbocycles. The Bertz CT molecular complexity index is 642. The summed E-state index contributed by atoms with van der Waals surface area (Å²) >= 11 is 0. The minimum absolute atomic E-state index is 0.208. The number of aliphatic carboxylic acids is 1. The molecule has 2 atom stereocenters. The molecule has 3 rings (SSSR count). The van der Waals surface area contributed by atoms with Crippen LogP contribution in [0.5, 0.6) is 0 Å². The van der Waals surface area contributed by atoms with Gasteiger partial charge in [-0.2, -0.15) is 13.2 Å². The Hall–Kier alpha value is -2.01. The number of halogens is 4. The van der Waals surface area contributed by atoms with Gasteiger partial charge in [-0.25, -0.2) is 19.2 Å². The molecule has 3 heterocycles. The van der Waals surface area contributed by atoms with Crippen molar-refractivity contribution >= 4 is 11.9 Å². The molecule has 2 saturated heterocycles. The highest BCUT2D eigenvalue weighted by atomic mass is 19.4. The largest absolute Gasteiger partial charge is 0.490 e. The molecule has 2 aliphatic heterocycles. The van der Waals surface area contributed by atoms with Crippen LogP contribution in [0.2, 0.25) is 0 Å². The maximum Gasteiger partial charge on any atom is 0.490 e. The maximum absolute atomic E-state index is 13.0. The van der Waals surface area contributed by atoms with Crippen molar-refractivity contribution in [3.8, 4) is 0 Å². The van der Waals surface area contributed by atoms with Crippen molar-refractivity contribution in [2.45, 2.75) is 38.6 Å². The zero-order valence-corrected chi connectivity index (χ0v) is 15.7. The fourth-order valence-corrected chi connectivity index (χ4v) is 3.09. The molecule has 2 aliphatic rings. The van der Waals surface area contributed by atoms with Gasteiger partial charge in [0, 0.05) is 19.6 Å². The zero-order valence-electron chi connectivity index (χ0n) is 15.7. The van der Waals surface area contributed by atoms with Gasteiger partial charge in [-0.3, -0.25) is 4.90 Å². The summed E-state index contributed by atoms with van der Waals surface area (Å²) in [6, 6.07) is 0.274. The number of likely N-dealkylation sites (tertiary alicyclic amines) is 1. The molecule has 11 heteroatoms. The molecular weight excluding hydrogens is 384 g/mol. The lowest BCUT2D eigenvalue weighted by Gasteiger charge is -2.36. The van der Waals surface area contributed by atoms with Gasteiger partial charge in [0.1, 0.15) is 0 Å². The van der Waals surface area contributed by atoms with Gasteiger partial charge in [0.05, 0.1) is 31.1 Å². The number of carboxylic acid groups (broad SMARTS) is 1. The van der Waals surface area contributed by atoms with Crippen LogP contribution in [0.3, 0.4) is 0 Å². The number of aromatic nitrogens is 2. The van der Waals surface area contributed by atoms with E-state index in [2.05, 4.69) is 33.6 Å². The third-order valence-electron chi connectivity index (χ3n) is 4.51. The van der Waals surface area contributed by atoms with Crippen molar-refractivity contribution in [2.24, 2.45) is 5.92 Å². The van der Waals surface area contributed by atoms with E-state index in [1.165, 1.54) is 18.8 Å². The summed E-state index contributed by atoms with van der Waals surface area (Å²) in [7, 11) is 0. The number of alkyl halides is 3. The van der Waals surface area contributed by atoms with E-state index in [4.69, 9.17) is 14.6 Å². The molecule has 158 valence electrons. The van der Waals surface area contributed by atoms with Crippen molar-refractivity contribution in [1.82, 2.24) is 14.9 Å². The van der Waals surface area contributed by atoms with Crippen molar-refractivity contribution < 1.29 is 32.2 Å². The first-order valence-corrected chi connectivity index (χ1v) is 8.96. The van der Waals surface area contributed by atoms with Gasteiger partial charge in [0.2, 0.25) is 5.95 Å². The Labute approximate surface area is 160 Å². The van der Waals surface area contributed by atoms with E-state index in [1.807, 2.05) is 0 Å². The van der Waals surface area contributed by atoms with Crippen molar-refractivity contribution in [1.29, 1.82) is 0 Å². The second-order valence-electron chi connectivity index (χ2n) is 7.12. The van der Waals surface area contributed by atoms with Gasteiger partial charge in [0.25, 0.3) is 0 Å². The summed E-state index contributed by atoms with van der Waals surface area (Å²) < 4.78 is 50.6. The average Bonchev–Trinajstić information content (AvgIpc) is 3.03. The number of anilines is 1. The number of hydrogen-bond acceptors (Lipinski definition) is 6. The first-order valence-electron chi connectivity index (χ1n) is 8.96. The number of ether oxygens (including phenoxy) is 1. The lowest BCUT2D eigenvalue weighted by molar-refractivity contribution is -0.192. The molecule has 0 aliphatic carbocycles. The van der Waals surface area contributed by atoms with E-state index < -0.39 is 18.0 Å². The van der Waals surface area contributed by atoms with Gasteiger partial charge in [-0.05, 0) is 18.9 Å². The number of morpholine rings is 1. The van der Waals surface area contributed by atoms with E-state index in [-0.39, 0.29) is 12.1 Å². The second kappa shape index (κ2) is 9.46. The highest BCUT2D eigenvalue weighted by Gasteiger charge is 2.41. The summed E-state index contributed by atoms with van der Waals surface area (Å²) in [5.41, 5.74) is 0. The summed E-state index contributed by atoms with van der Waals surface area (Å²) in [4.78, 5) is 21.8. The van der Waals surface area contributed by atoms with Crippen LogP contribution in [0.1, 0.15) is 20.3 Å². The lowest BCUT2D eigenvalue weighted by atomic mass is 10.1. The monoisotopic (exact) mass is 408 g/mol. The highest BCUT2D eigenvalue weighted by Crippen LogP contribution is 2.26. The van der Waals surface area contributed by atoms with Crippen molar-refractivity contribution in [3.05, 3.63) is 18.2 Å². The summed E-state index contributed by atoms with van der Waals surface area (Å²) in [6.07, 6.45) is -1.21. The fraction of sp³-hybridized carbons (Fsp3) is 0.706. The van der Waals surface area contributed by atoms with Crippen LogP contribution in [0, 0.1) is 11.7 Å². The molecule has 0 radical (unpaired) electrons. The Balaban J connectivity index is 0.000000345. The minimum atomic E-state index is -5.08. The number of fused-ring (bicyclic) bond motifs is 1. The Morgan fingerprint density at radius 3 is 2.46 bits per heavy atom. The number of rotatable bonds is 4. The third-order valence-corrected chi connectivity index (χ3v) is 4.51. The maximum atomic E-state index is 13.0. The molecule has 0 bridgehead atoms. The van der Waals surface area contributed by atoms with Crippen LogP contribution in [0.25, 0.3) is 0 Å². The van der Waals surface area contributed by atoms with Crippen LogP contribution >= 0.6 is 0 Å². The van der Waals surface area contributed by atoms with Crippen molar-refractivity contribution in [2.75, 3.05) is 37.7 Å². The number of carboxylic acids is 1. The third kappa shape index (κ3) is 6.26. The molecule has 0 amide bonds. The van der Waals surface area contributed by atoms with Crippen LogP contribution in [0.4, 0.5) is 23.5 Å². The molecule has 0 unspecified atom stereocenters. The number of hydrogen-bond donors (Lipinski definition) is 1. The Morgan fingerprint density at radius 1 is 1.32 bits per heavy atom. The SMILES string of the molecule is CC(C)CCN1C[C@@H]2OCCN(c3ncc(F)cn3)[C@@H]2C1.O=C(O)C(F)(F)F. The predicted molar refractivity (Wildman–Crippen MR) is 92.4 cm³/mol. The molecular formula is C17H24F4N4O3. The van der Waals surface area contributed by atoms with E-state index in [1.54, 1.807) is 0 Å². The molecule has 1 aromatic heterocycles. The highest BCUT2D eigenvalue weighted by molar-refractivity contribution is 5.73. The zero-order chi connectivity index (χ0) is 20.9. The quantitative estimate of drug-likeness (QED) is 0.765. The van der Waals surface area contributed by atoms with E-state index >= 15 is 0 Å². The van der Waals surface area contributed by atoms with E-state index in [0.29, 0.717) is 18.5 Å². The van der Waals surface area contributed by atoms with Crippen LogP contribution in [-0.4, -0.2) is 77.1 Å². The van der Waals surface area contributed by atoms with Gasteiger partial charge in [-0.15, -0.1) is 0 Å². The normalized spacial score (nSPS) is 22.6. The van der Waals surface area contributed by atoms with Gasteiger partial charge < -0.3 is 14.7 Å². The van der Waals surface area contributed by atoms with Crippen LogP contribution < -0.4 is 4.90 Å². The number of nitrogens with zero attached hydrogens (tertiary/aromatic N) is 4. The smallest absolute Gasteiger partial charge is 0.475 e. The standard InChI is InChI=1S/C15H23FN4O.C2HF3O2/c1-11(2)3-4-19-9-13-14(10-19)21-6-5-20(13)15-17-7-12(16)8-18-15;3-2(4,5)1(6)7/h7-8,11,13-14H,3-6,9-10H2,1-2H3;(H,6,7)/t13-,14+;/m1./s1. The van der Waals surface area contributed by atoms with Gasteiger partial charge >= 0.3 is 12.1 Å². The van der Waals surface area contributed by atoms with Crippen LogP contribution in [0.15, 0.2) is 12.4 Å². The van der Waals surface area contributed by atoms with Gasteiger partial charge in [0.15, 0.2) is 5.82 Å². The summed E-state index contributed by atoms with van der Waals surface area (Å²) in [6.45, 7) is 8.99. The molecule has 2 fully saturated rings. The first-order chi connectivity index (χ1) is 13.1. The molecule has 0 aromatic carbocycles. The molecule has 7 nitrogen and oxygen atoms in total. The number of carbonyl (C=O) groups is 1. The van der Waals surface area contributed by atoms with Crippen LogP contribution in [-0.2, 0) is 9.53 Å². The topological polar surface area (TPSA) is 78.8 Å². The molecule has 0 spiro atoms. The van der Waals surface area contributed by atoms with E-state index in [9.17, 15) is 17.6 Å². The van der Waals surface area contributed by atoms with E-state index in [0.717, 1.165) is 26.2 Å². The van der Waals surface area contributed by atoms with Gasteiger partial charge in [-0.1, -0.05) is 13.8 Å². The first kappa shape index (κ1) is 22.3. The molecule has 28 heavy (non-hydrogen) atoms. The molecule has 1 aromatic rings. The fourth-order valence-electron chi connectivity index (χ4n) is 3.09. The summed E-state index contributed by atoms with van der Waals surface area (Å²) in [5.74, 6) is -1.83. The molecule has 1 N–H and O–H groups in total. The predicted octanol–water partition coefficient (Wildman–Crippen LogP) is 2.18. The summed E-state index contributed by atoms with van der Waals surface area (Å²) in [5, 5.41) is 7.12. The Kier molecular flexibility index (Phi) is 7.53. The second-order valence-corrected chi connectivity index (χ2v) is 7.12. The lowest BCUT2D eigenvalue weighted by Crippen LogP contribution is -2.51. The Morgan fingerprint density at radius 2 is 1.93 bits per heavy atom.